The molecule has 4 nitrogen and oxygen atoms in total. The maximum absolute atomic E-state index is 12.0. The third-order valence-corrected chi connectivity index (χ3v) is 2.64. The second-order valence-corrected chi connectivity index (χ2v) is 4.34. The van der Waals surface area contributed by atoms with Crippen molar-refractivity contribution in [3.8, 4) is 12.1 Å². The molecule has 0 aliphatic heterocycles. The van der Waals surface area contributed by atoms with Gasteiger partial charge >= 0.3 is 0 Å². The molecule has 18 heavy (non-hydrogen) atoms. The molecule has 0 heterocycles. The summed E-state index contributed by atoms with van der Waals surface area (Å²) in [5.74, 6) is -0.329. The van der Waals surface area contributed by atoms with Crippen LogP contribution in [0.2, 0.25) is 0 Å². The minimum atomic E-state index is -0.867. The smallest absolute Gasteiger partial charge is 0.252 e. The number of carbonyl (C=O) groups excluding carboxylic acids is 1. The summed E-state index contributed by atoms with van der Waals surface area (Å²) in [5, 5.41) is 20.6. The maximum Gasteiger partial charge on any atom is 0.252 e. The summed E-state index contributed by atoms with van der Waals surface area (Å²) in [4.78, 5) is 12.0. The topological polar surface area (TPSA) is 76.7 Å². The van der Waals surface area contributed by atoms with Crippen molar-refractivity contribution in [2.45, 2.75) is 32.2 Å². The van der Waals surface area contributed by atoms with Gasteiger partial charge < -0.3 is 5.32 Å². The molecule has 1 atom stereocenters. The average Bonchev–Trinajstić information content (AvgIpc) is 2.39. The maximum atomic E-state index is 12.0. The van der Waals surface area contributed by atoms with Gasteiger partial charge in [0.1, 0.15) is 5.54 Å². The zero-order valence-corrected chi connectivity index (χ0v) is 10.5. The lowest BCUT2D eigenvalue weighted by atomic mass is 9.97. The largest absolute Gasteiger partial charge is 0.334 e. The van der Waals surface area contributed by atoms with Crippen molar-refractivity contribution in [3.63, 3.8) is 0 Å². The lowest BCUT2D eigenvalue weighted by Gasteiger charge is -2.22. The van der Waals surface area contributed by atoms with Crippen LogP contribution in [0.3, 0.4) is 0 Å². The van der Waals surface area contributed by atoms with E-state index in [1.54, 1.807) is 25.1 Å². The average molecular weight is 241 g/mol. The van der Waals surface area contributed by atoms with Gasteiger partial charge in [-0.3, -0.25) is 4.79 Å². The van der Waals surface area contributed by atoms with Gasteiger partial charge in [0, 0.05) is 5.56 Å². The first-order chi connectivity index (χ1) is 8.54. The fourth-order valence-electron chi connectivity index (χ4n) is 1.70. The van der Waals surface area contributed by atoms with Crippen LogP contribution in [-0.4, -0.2) is 11.4 Å². The van der Waals surface area contributed by atoms with E-state index >= 15 is 0 Å². The minimum Gasteiger partial charge on any atom is -0.334 e. The van der Waals surface area contributed by atoms with E-state index in [0.29, 0.717) is 17.5 Å². The van der Waals surface area contributed by atoms with Gasteiger partial charge in [0.15, 0.2) is 0 Å². The third-order valence-electron chi connectivity index (χ3n) is 2.64. The minimum absolute atomic E-state index is 0.329. The second kappa shape index (κ2) is 5.84. The van der Waals surface area contributed by atoms with Gasteiger partial charge in [0.25, 0.3) is 5.91 Å². The van der Waals surface area contributed by atoms with E-state index < -0.39 is 5.54 Å². The number of nitrogens with zero attached hydrogens (tertiary/aromatic N) is 2. The highest BCUT2D eigenvalue weighted by molar-refractivity contribution is 5.95. The Hall–Kier alpha value is -2.33. The molecular formula is C14H15N3O. The standard InChI is InChI=1S/C14H15N3O/c1-3-7-14(2,10-16)17-13(18)12-6-4-5-11(8-12)9-15/h4-6,8H,3,7H2,1-2H3,(H,17,18)/t14-/m0/s1. The number of hydrogen-bond acceptors (Lipinski definition) is 3. The quantitative estimate of drug-likeness (QED) is 0.879. The Kier molecular flexibility index (Phi) is 4.45. The van der Waals surface area contributed by atoms with Crippen LogP contribution in [0.5, 0.6) is 0 Å². The molecule has 1 N–H and O–H groups in total. The molecule has 1 amide bonds. The van der Waals surface area contributed by atoms with Gasteiger partial charge in [0.2, 0.25) is 0 Å². The lowest BCUT2D eigenvalue weighted by molar-refractivity contribution is 0.0921. The van der Waals surface area contributed by atoms with Gasteiger partial charge in [-0.05, 0) is 31.5 Å². The fourth-order valence-corrected chi connectivity index (χ4v) is 1.70. The predicted octanol–water partition coefficient (Wildman–Crippen LogP) is 2.37. The van der Waals surface area contributed by atoms with E-state index in [4.69, 9.17) is 10.5 Å². The van der Waals surface area contributed by atoms with Crippen molar-refractivity contribution < 1.29 is 4.79 Å². The summed E-state index contributed by atoms with van der Waals surface area (Å²) in [7, 11) is 0. The molecule has 1 rings (SSSR count). The number of hydrogen-bond donors (Lipinski definition) is 1. The number of amides is 1. The van der Waals surface area contributed by atoms with Gasteiger partial charge in [-0.2, -0.15) is 10.5 Å². The molecule has 92 valence electrons. The number of nitriles is 2. The summed E-state index contributed by atoms with van der Waals surface area (Å²) < 4.78 is 0. The van der Waals surface area contributed by atoms with Crippen LogP contribution in [0.15, 0.2) is 24.3 Å². The Balaban J connectivity index is 2.89. The molecule has 0 radical (unpaired) electrons. The van der Waals surface area contributed by atoms with Crippen LogP contribution in [0.4, 0.5) is 0 Å². The summed E-state index contributed by atoms with van der Waals surface area (Å²) in [6.45, 7) is 3.65. The highest BCUT2D eigenvalue weighted by Gasteiger charge is 2.25. The van der Waals surface area contributed by atoms with E-state index in [9.17, 15) is 4.79 Å². The summed E-state index contributed by atoms with van der Waals surface area (Å²) >= 11 is 0. The Morgan fingerprint density at radius 1 is 1.44 bits per heavy atom. The highest BCUT2D eigenvalue weighted by atomic mass is 16.1. The van der Waals surface area contributed by atoms with Crippen LogP contribution >= 0.6 is 0 Å². The lowest BCUT2D eigenvalue weighted by Crippen LogP contribution is -2.44. The molecule has 1 aromatic rings. The third kappa shape index (κ3) is 3.33. The number of nitrogens with one attached hydrogen (secondary N) is 1. The molecule has 0 bridgehead atoms. The van der Waals surface area contributed by atoms with Crippen molar-refractivity contribution >= 4 is 5.91 Å². The molecule has 0 spiro atoms. The molecule has 1 aromatic carbocycles. The Labute approximate surface area is 107 Å². The highest BCUT2D eigenvalue weighted by Crippen LogP contribution is 2.13. The fraction of sp³-hybridized carbons (Fsp3) is 0.357. The van der Waals surface area contributed by atoms with Crippen LogP contribution < -0.4 is 5.32 Å². The number of benzene rings is 1. The van der Waals surface area contributed by atoms with Crippen molar-refractivity contribution in [1.29, 1.82) is 10.5 Å². The molecule has 0 saturated carbocycles. The molecule has 0 aliphatic rings. The molecule has 0 aliphatic carbocycles. The van der Waals surface area contributed by atoms with Gasteiger partial charge in [-0.1, -0.05) is 19.4 Å². The zero-order chi connectivity index (χ0) is 13.6. The first kappa shape index (κ1) is 13.7. The molecular weight excluding hydrogens is 226 g/mol. The van der Waals surface area contributed by atoms with Gasteiger partial charge in [-0.15, -0.1) is 0 Å². The first-order valence-corrected chi connectivity index (χ1v) is 5.78. The van der Waals surface area contributed by atoms with E-state index in [1.165, 1.54) is 6.07 Å². The second-order valence-electron chi connectivity index (χ2n) is 4.34. The first-order valence-electron chi connectivity index (χ1n) is 5.78. The Morgan fingerprint density at radius 2 is 2.17 bits per heavy atom. The van der Waals surface area contributed by atoms with E-state index in [0.717, 1.165) is 6.42 Å². The molecule has 0 saturated heterocycles. The molecule has 0 unspecified atom stereocenters. The van der Waals surface area contributed by atoms with Crippen molar-refractivity contribution in [2.24, 2.45) is 0 Å². The zero-order valence-electron chi connectivity index (χ0n) is 10.5. The number of rotatable bonds is 4. The molecule has 0 aromatic heterocycles. The normalized spacial score (nSPS) is 12.9. The van der Waals surface area contributed by atoms with Crippen molar-refractivity contribution in [3.05, 3.63) is 35.4 Å². The van der Waals surface area contributed by atoms with Crippen molar-refractivity contribution in [2.75, 3.05) is 0 Å². The van der Waals surface area contributed by atoms with Crippen LogP contribution in [0.1, 0.15) is 42.6 Å². The van der Waals surface area contributed by atoms with E-state index in [2.05, 4.69) is 11.4 Å². The SMILES string of the molecule is CCC[C@@](C)(C#N)NC(=O)c1cccc(C#N)c1. The van der Waals surface area contributed by atoms with E-state index in [1.807, 2.05) is 13.0 Å². The summed E-state index contributed by atoms with van der Waals surface area (Å²) in [5.41, 5.74) is -0.0440. The van der Waals surface area contributed by atoms with E-state index in [-0.39, 0.29) is 5.91 Å². The van der Waals surface area contributed by atoms with Gasteiger partial charge in [0.05, 0.1) is 17.7 Å². The van der Waals surface area contributed by atoms with Gasteiger partial charge in [-0.25, -0.2) is 0 Å². The summed E-state index contributed by atoms with van der Waals surface area (Å²) in [6.07, 6.45) is 1.40. The Bertz CT molecular complexity index is 525. The Morgan fingerprint density at radius 3 is 2.72 bits per heavy atom. The molecule has 4 heteroatoms. The van der Waals surface area contributed by atoms with Crippen LogP contribution in [-0.2, 0) is 0 Å². The van der Waals surface area contributed by atoms with Crippen LogP contribution in [0, 0.1) is 22.7 Å². The molecule has 0 fully saturated rings. The summed E-state index contributed by atoms with van der Waals surface area (Å²) in [6, 6.07) is 10.5. The predicted molar refractivity (Wildman–Crippen MR) is 67.5 cm³/mol. The monoisotopic (exact) mass is 241 g/mol. The number of carbonyl (C=O) groups is 1. The van der Waals surface area contributed by atoms with Crippen LogP contribution in [0.25, 0.3) is 0 Å². The van der Waals surface area contributed by atoms with Crippen molar-refractivity contribution in [1.82, 2.24) is 5.32 Å².